The lowest BCUT2D eigenvalue weighted by Gasteiger charge is -2.18. The molecule has 3 aromatic carbocycles. The van der Waals surface area contributed by atoms with Gasteiger partial charge in [0.05, 0.1) is 24.8 Å². The number of para-hydroxylation sites is 2. The van der Waals surface area contributed by atoms with Crippen LogP contribution in [0.2, 0.25) is 0 Å². The smallest absolute Gasteiger partial charge is 0.227 e. The number of carbonyl (C=O) groups is 1. The molecule has 1 atom stereocenters. The highest BCUT2D eigenvalue weighted by molar-refractivity contribution is 5.96. The minimum Gasteiger partial charge on any atom is -0.497 e. The molecule has 6 heteroatoms. The molecule has 0 saturated carbocycles. The number of amides is 1. The van der Waals surface area contributed by atoms with Crippen LogP contribution in [0.1, 0.15) is 36.6 Å². The molecule has 0 radical (unpaired) electrons. The number of ether oxygens (including phenoxy) is 2. The van der Waals surface area contributed by atoms with Crippen LogP contribution in [0.4, 0.5) is 5.69 Å². The van der Waals surface area contributed by atoms with Gasteiger partial charge in [-0.15, -0.1) is 0 Å². The Labute approximate surface area is 206 Å². The largest absolute Gasteiger partial charge is 0.497 e. The average molecular weight is 470 g/mol. The molecule has 1 amide bonds. The molecule has 0 spiro atoms. The van der Waals surface area contributed by atoms with Crippen LogP contribution < -0.4 is 14.4 Å². The standard InChI is InChI=1S/C29H31N3O3/c1-21-12-14-23(15-13-21)32-20-22(18-28(32)33)29-30-26-10-3-4-11-27(26)31(29)16-5-6-17-35-25-9-7-8-24(19-25)34-2/h3-4,7-15,19,22H,5-6,16-18,20H2,1-2H3. The summed E-state index contributed by atoms with van der Waals surface area (Å²) in [6.07, 6.45) is 2.36. The number of rotatable bonds is 9. The topological polar surface area (TPSA) is 56.6 Å². The van der Waals surface area contributed by atoms with Crippen molar-refractivity contribution in [1.82, 2.24) is 9.55 Å². The van der Waals surface area contributed by atoms with Crippen molar-refractivity contribution in [2.45, 2.75) is 38.6 Å². The van der Waals surface area contributed by atoms with Crippen LogP contribution in [-0.2, 0) is 11.3 Å². The van der Waals surface area contributed by atoms with Gasteiger partial charge in [0.1, 0.15) is 17.3 Å². The van der Waals surface area contributed by atoms with Crippen LogP contribution in [0.3, 0.4) is 0 Å². The number of anilines is 1. The van der Waals surface area contributed by atoms with E-state index >= 15 is 0 Å². The summed E-state index contributed by atoms with van der Waals surface area (Å²) < 4.78 is 13.5. The number of benzene rings is 3. The Morgan fingerprint density at radius 3 is 2.60 bits per heavy atom. The molecule has 5 rings (SSSR count). The Morgan fingerprint density at radius 1 is 0.971 bits per heavy atom. The van der Waals surface area contributed by atoms with Gasteiger partial charge in [-0.2, -0.15) is 0 Å². The molecular weight excluding hydrogens is 438 g/mol. The summed E-state index contributed by atoms with van der Waals surface area (Å²) in [5.74, 6) is 2.85. The van der Waals surface area contributed by atoms with E-state index in [0.29, 0.717) is 19.6 Å². The average Bonchev–Trinajstić information content (AvgIpc) is 3.45. The van der Waals surface area contributed by atoms with Crippen LogP contribution >= 0.6 is 0 Å². The van der Waals surface area contributed by atoms with E-state index < -0.39 is 0 Å². The van der Waals surface area contributed by atoms with Gasteiger partial charge in [0.25, 0.3) is 0 Å². The second-order valence-electron chi connectivity index (χ2n) is 9.09. The predicted octanol–water partition coefficient (Wildman–Crippen LogP) is 5.73. The second kappa shape index (κ2) is 10.2. The quantitative estimate of drug-likeness (QED) is 0.294. The molecule has 0 N–H and O–H groups in total. The molecule has 4 aromatic rings. The van der Waals surface area contributed by atoms with Crippen LogP contribution in [0, 0.1) is 6.92 Å². The van der Waals surface area contributed by atoms with Gasteiger partial charge < -0.3 is 18.9 Å². The lowest BCUT2D eigenvalue weighted by Crippen LogP contribution is -2.24. The normalized spacial score (nSPS) is 15.7. The van der Waals surface area contributed by atoms with E-state index in [1.165, 1.54) is 5.56 Å². The van der Waals surface area contributed by atoms with Crippen LogP contribution in [0.5, 0.6) is 11.5 Å². The van der Waals surface area contributed by atoms with Gasteiger partial charge in [-0.05, 0) is 56.2 Å². The summed E-state index contributed by atoms with van der Waals surface area (Å²) in [5, 5.41) is 0. The van der Waals surface area contributed by atoms with Gasteiger partial charge in [0.2, 0.25) is 5.91 Å². The number of aryl methyl sites for hydroxylation is 2. The fourth-order valence-corrected chi connectivity index (χ4v) is 4.75. The Balaban J connectivity index is 1.28. The minimum atomic E-state index is 0.0734. The lowest BCUT2D eigenvalue weighted by atomic mass is 10.1. The van der Waals surface area contributed by atoms with E-state index in [4.69, 9.17) is 14.5 Å². The lowest BCUT2D eigenvalue weighted by molar-refractivity contribution is -0.117. The van der Waals surface area contributed by atoms with Gasteiger partial charge in [-0.25, -0.2) is 4.98 Å². The third-order valence-electron chi connectivity index (χ3n) is 6.61. The molecular formula is C29H31N3O3. The molecule has 0 bridgehead atoms. The summed E-state index contributed by atoms with van der Waals surface area (Å²) in [6.45, 7) is 4.19. The van der Waals surface area contributed by atoms with E-state index in [9.17, 15) is 4.79 Å². The highest BCUT2D eigenvalue weighted by Gasteiger charge is 2.34. The first kappa shape index (κ1) is 23.0. The molecule has 1 unspecified atom stereocenters. The highest BCUT2D eigenvalue weighted by Crippen LogP contribution is 2.33. The molecule has 180 valence electrons. The summed E-state index contributed by atoms with van der Waals surface area (Å²) in [4.78, 5) is 19.8. The van der Waals surface area contributed by atoms with Gasteiger partial charge in [-0.3, -0.25) is 4.79 Å². The first-order valence-electron chi connectivity index (χ1n) is 12.2. The van der Waals surface area contributed by atoms with E-state index in [2.05, 4.69) is 41.8 Å². The Hall–Kier alpha value is -3.80. The summed E-state index contributed by atoms with van der Waals surface area (Å²) in [7, 11) is 1.66. The maximum absolute atomic E-state index is 12.9. The van der Waals surface area contributed by atoms with Crippen LogP contribution in [-0.4, -0.2) is 35.7 Å². The van der Waals surface area contributed by atoms with Crippen molar-refractivity contribution in [3.8, 4) is 11.5 Å². The van der Waals surface area contributed by atoms with Crippen molar-refractivity contribution in [2.24, 2.45) is 0 Å². The Kier molecular flexibility index (Phi) is 6.70. The second-order valence-corrected chi connectivity index (χ2v) is 9.09. The number of unbranched alkanes of at least 4 members (excludes halogenated alkanes) is 1. The molecule has 2 heterocycles. The van der Waals surface area contributed by atoms with E-state index in [1.54, 1.807) is 7.11 Å². The molecule has 1 aliphatic heterocycles. The van der Waals surface area contributed by atoms with Crippen molar-refractivity contribution in [2.75, 3.05) is 25.2 Å². The van der Waals surface area contributed by atoms with Gasteiger partial charge >= 0.3 is 0 Å². The van der Waals surface area contributed by atoms with Gasteiger partial charge in [0.15, 0.2) is 0 Å². The van der Waals surface area contributed by atoms with Gasteiger partial charge in [0, 0.05) is 37.2 Å². The monoisotopic (exact) mass is 469 g/mol. The third kappa shape index (κ3) is 5.02. The number of carbonyl (C=O) groups excluding carboxylic acids is 1. The minimum absolute atomic E-state index is 0.0734. The maximum Gasteiger partial charge on any atom is 0.227 e. The van der Waals surface area contributed by atoms with Crippen LogP contribution in [0.15, 0.2) is 72.8 Å². The third-order valence-corrected chi connectivity index (χ3v) is 6.61. The molecule has 1 saturated heterocycles. The van der Waals surface area contributed by atoms with E-state index in [-0.39, 0.29) is 11.8 Å². The summed E-state index contributed by atoms with van der Waals surface area (Å²) in [6, 6.07) is 24.1. The SMILES string of the molecule is COc1cccc(OCCCCn2c(C3CC(=O)N(c4ccc(C)cc4)C3)nc3ccccc32)c1. The molecule has 0 aliphatic carbocycles. The van der Waals surface area contributed by atoms with Crippen molar-refractivity contribution in [1.29, 1.82) is 0 Å². The van der Waals surface area contributed by atoms with Crippen molar-refractivity contribution >= 4 is 22.6 Å². The fraction of sp³-hybridized carbons (Fsp3) is 0.310. The number of fused-ring (bicyclic) bond motifs is 1. The molecule has 1 aromatic heterocycles. The Bertz CT molecular complexity index is 1310. The molecule has 1 fully saturated rings. The van der Waals surface area contributed by atoms with Crippen molar-refractivity contribution in [3.63, 3.8) is 0 Å². The molecule has 1 aliphatic rings. The Morgan fingerprint density at radius 2 is 1.77 bits per heavy atom. The highest BCUT2D eigenvalue weighted by atomic mass is 16.5. The number of methoxy groups -OCH3 is 1. The number of aromatic nitrogens is 2. The van der Waals surface area contributed by atoms with Crippen molar-refractivity contribution in [3.05, 3.63) is 84.2 Å². The number of hydrogen-bond donors (Lipinski definition) is 0. The maximum atomic E-state index is 12.9. The zero-order valence-corrected chi connectivity index (χ0v) is 20.3. The summed E-state index contributed by atoms with van der Waals surface area (Å²) >= 11 is 0. The van der Waals surface area contributed by atoms with Crippen LogP contribution in [0.25, 0.3) is 11.0 Å². The van der Waals surface area contributed by atoms with Gasteiger partial charge in [-0.1, -0.05) is 35.9 Å². The predicted molar refractivity (Wildman–Crippen MR) is 138 cm³/mol. The molecule has 6 nitrogen and oxygen atoms in total. The van der Waals surface area contributed by atoms with Crippen molar-refractivity contribution < 1.29 is 14.3 Å². The number of imidazole rings is 1. The summed E-state index contributed by atoms with van der Waals surface area (Å²) in [5.41, 5.74) is 4.25. The first-order valence-corrected chi connectivity index (χ1v) is 12.2. The van der Waals surface area contributed by atoms with E-state index in [1.807, 2.05) is 47.4 Å². The first-order chi connectivity index (χ1) is 17.1. The number of nitrogens with zero attached hydrogens (tertiary/aromatic N) is 3. The number of hydrogen-bond acceptors (Lipinski definition) is 4. The zero-order valence-electron chi connectivity index (χ0n) is 20.3. The molecule has 35 heavy (non-hydrogen) atoms. The zero-order chi connectivity index (χ0) is 24.2. The fourth-order valence-electron chi connectivity index (χ4n) is 4.75. The van der Waals surface area contributed by atoms with E-state index in [0.717, 1.165) is 53.4 Å².